The maximum absolute atomic E-state index is 13.4. The Balaban J connectivity index is 2.00. The van der Waals surface area contributed by atoms with E-state index in [1.165, 1.54) is 0 Å². The number of hydrogen-bond acceptors (Lipinski definition) is 4. The van der Waals surface area contributed by atoms with Crippen LogP contribution in [0.1, 0.15) is 26.3 Å². The largest absolute Gasteiger partial charge is 0.296 e. The van der Waals surface area contributed by atoms with Gasteiger partial charge in [0.2, 0.25) is 0 Å². The summed E-state index contributed by atoms with van der Waals surface area (Å²) in [5.74, 6) is 0. The molecule has 2 aromatic carbocycles. The highest BCUT2D eigenvalue weighted by molar-refractivity contribution is 9.10. The predicted molar refractivity (Wildman–Crippen MR) is 119 cm³/mol. The van der Waals surface area contributed by atoms with Crippen LogP contribution >= 0.6 is 15.9 Å². The van der Waals surface area contributed by atoms with Gasteiger partial charge in [0, 0.05) is 10.5 Å². The van der Waals surface area contributed by atoms with E-state index in [9.17, 15) is 4.79 Å². The van der Waals surface area contributed by atoms with Crippen molar-refractivity contribution in [1.82, 2.24) is 24.1 Å². The molecular formula is C22H18BrN5O. The minimum Gasteiger partial charge on any atom is -0.296 e. The topological polar surface area (TPSA) is 65.6 Å². The third-order valence-corrected chi connectivity index (χ3v) is 5.81. The van der Waals surface area contributed by atoms with Crippen molar-refractivity contribution in [2.24, 2.45) is 0 Å². The number of para-hydroxylation sites is 2. The van der Waals surface area contributed by atoms with Gasteiger partial charge in [-0.25, -0.2) is 15.0 Å². The Morgan fingerprint density at radius 3 is 2.52 bits per heavy atom. The Morgan fingerprint density at radius 1 is 1.03 bits per heavy atom. The summed E-state index contributed by atoms with van der Waals surface area (Å²) in [5.41, 5.74) is 4.09. The molecule has 0 unspecified atom stereocenters. The molecule has 0 fully saturated rings. The number of fused-ring (bicyclic) bond motifs is 4. The van der Waals surface area contributed by atoms with Gasteiger partial charge in [0.25, 0.3) is 5.56 Å². The fourth-order valence-electron chi connectivity index (χ4n) is 3.62. The second-order valence-electron chi connectivity index (χ2n) is 7.11. The number of hydrogen-bond donors (Lipinski definition) is 0. The highest BCUT2D eigenvalue weighted by Crippen LogP contribution is 2.29. The van der Waals surface area contributed by atoms with E-state index in [2.05, 4.69) is 27.8 Å². The molecule has 0 spiro atoms. The molecule has 0 amide bonds. The number of benzene rings is 2. The van der Waals surface area contributed by atoms with Gasteiger partial charge in [0.05, 0.1) is 16.7 Å². The van der Waals surface area contributed by atoms with E-state index < -0.39 is 0 Å². The number of nitrogens with zero attached hydrogens (tertiary/aromatic N) is 5. The minimum atomic E-state index is -0.0901. The first-order valence-electron chi connectivity index (χ1n) is 9.52. The highest BCUT2D eigenvalue weighted by Gasteiger charge is 2.21. The zero-order valence-electron chi connectivity index (χ0n) is 16.0. The summed E-state index contributed by atoms with van der Waals surface area (Å²) in [5, 5.41) is 0.501. The standard InChI is InChI=1S/C22H18BrN5O/c1-3-13(2)27-12-24-20-18(22(27)29)19-21(26-17-10-5-4-9-16(17)25-19)28(20)15-8-6-7-14(23)11-15/h4-13H,3H2,1-2H3/t13-/m1/s1. The van der Waals surface area contributed by atoms with E-state index in [4.69, 9.17) is 9.97 Å². The molecule has 0 radical (unpaired) electrons. The molecule has 3 aromatic heterocycles. The predicted octanol–water partition coefficient (Wildman–Crippen LogP) is 5.02. The lowest BCUT2D eigenvalue weighted by Gasteiger charge is -2.12. The molecule has 144 valence electrons. The molecule has 5 rings (SSSR count). The summed E-state index contributed by atoms with van der Waals surface area (Å²) in [6.07, 6.45) is 2.47. The second kappa shape index (κ2) is 6.77. The zero-order valence-corrected chi connectivity index (χ0v) is 17.6. The van der Waals surface area contributed by atoms with Gasteiger partial charge in [-0.1, -0.05) is 41.1 Å². The van der Waals surface area contributed by atoms with Crippen LogP contribution in [0, 0.1) is 0 Å². The molecule has 0 N–H and O–H groups in total. The van der Waals surface area contributed by atoms with Gasteiger partial charge in [-0.2, -0.15) is 0 Å². The molecule has 0 aliphatic heterocycles. The quantitative estimate of drug-likeness (QED) is 0.389. The van der Waals surface area contributed by atoms with Gasteiger partial charge in [0.1, 0.15) is 17.2 Å². The molecule has 0 aliphatic rings. The molecule has 7 heteroatoms. The summed E-state index contributed by atoms with van der Waals surface area (Å²) >= 11 is 3.53. The van der Waals surface area contributed by atoms with Crippen LogP contribution in [0.25, 0.3) is 38.9 Å². The minimum absolute atomic E-state index is 0.0529. The number of halogens is 1. The lowest BCUT2D eigenvalue weighted by molar-refractivity contribution is 0.510. The summed E-state index contributed by atoms with van der Waals surface area (Å²) in [4.78, 5) is 27.8. The Hall–Kier alpha value is -3.06. The molecular weight excluding hydrogens is 430 g/mol. The van der Waals surface area contributed by atoms with Gasteiger partial charge in [-0.3, -0.25) is 13.9 Å². The third kappa shape index (κ3) is 2.76. The van der Waals surface area contributed by atoms with Crippen LogP contribution in [-0.4, -0.2) is 24.1 Å². The maximum atomic E-state index is 13.4. The van der Waals surface area contributed by atoms with Crippen LogP contribution in [0.2, 0.25) is 0 Å². The molecule has 0 bridgehead atoms. The second-order valence-corrected chi connectivity index (χ2v) is 8.03. The lowest BCUT2D eigenvalue weighted by Crippen LogP contribution is -2.23. The van der Waals surface area contributed by atoms with Crippen molar-refractivity contribution in [3.63, 3.8) is 0 Å². The molecule has 0 saturated heterocycles. The number of rotatable bonds is 3. The molecule has 6 nitrogen and oxygen atoms in total. The van der Waals surface area contributed by atoms with Gasteiger partial charge >= 0.3 is 0 Å². The van der Waals surface area contributed by atoms with Crippen molar-refractivity contribution in [3.05, 3.63) is 69.7 Å². The van der Waals surface area contributed by atoms with Gasteiger partial charge in [-0.05, 0) is 43.7 Å². The van der Waals surface area contributed by atoms with E-state index in [-0.39, 0.29) is 11.6 Å². The first kappa shape index (κ1) is 18.0. The highest BCUT2D eigenvalue weighted by atomic mass is 79.9. The third-order valence-electron chi connectivity index (χ3n) is 5.32. The average molecular weight is 448 g/mol. The first-order valence-corrected chi connectivity index (χ1v) is 10.3. The molecule has 0 aliphatic carbocycles. The van der Waals surface area contributed by atoms with Crippen molar-refractivity contribution in [1.29, 1.82) is 0 Å². The monoisotopic (exact) mass is 447 g/mol. The fourth-order valence-corrected chi connectivity index (χ4v) is 4.01. The summed E-state index contributed by atoms with van der Waals surface area (Å²) < 4.78 is 4.54. The van der Waals surface area contributed by atoms with Crippen LogP contribution in [0.3, 0.4) is 0 Å². The first-order chi connectivity index (χ1) is 14.1. The molecule has 29 heavy (non-hydrogen) atoms. The van der Waals surface area contributed by atoms with Crippen LogP contribution in [0.15, 0.2) is 64.1 Å². The van der Waals surface area contributed by atoms with Gasteiger partial charge < -0.3 is 0 Å². The molecule has 0 saturated carbocycles. The van der Waals surface area contributed by atoms with E-state index in [0.29, 0.717) is 22.2 Å². The Labute approximate surface area is 175 Å². The van der Waals surface area contributed by atoms with Gasteiger partial charge in [0.15, 0.2) is 11.3 Å². The Bertz CT molecular complexity index is 1450. The summed E-state index contributed by atoms with van der Waals surface area (Å²) in [6.45, 7) is 4.07. The zero-order chi connectivity index (χ0) is 20.1. The lowest BCUT2D eigenvalue weighted by atomic mass is 10.2. The Kier molecular flexibility index (Phi) is 4.20. The summed E-state index contributed by atoms with van der Waals surface area (Å²) in [6, 6.07) is 15.6. The number of aromatic nitrogens is 5. The van der Waals surface area contributed by atoms with Crippen molar-refractivity contribution in [2.75, 3.05) is 0 Å². The van der Waals surface area contributed by atoms with Crippen LogP contribution in [0.4, 0.5) is 0 Å². The van der Waals surface area contributed by atoms with Gasteiger partial charge in [-0.15, -0.1) is 0 Å². The smallest absolute Gasteiger partial charge is 0.265 e. The summed E-state index contributed by atoms with van der Waals surface area (Å²) in [7, 11) is 0. The van der Waals surface area contributed by atoms with Crippen LogP contribution in [0.5, 0.6) is 0 Å². The Morgan fingerprint density at radius 2 is 1.79 bits per heavy atom. The normalized spacial score (nSPS) is 12.8. The van der Waals surface area contributed by atoms with Crippen molar-refractivity contribution >= 4 is 49.2 Å². The maximum Gasteiger partial charge on any atom is 0.265 e. The molecule has 5 aromatic rings. The van der Waals surface area contributed by atoms with E-state index in [1.807, 2.05) is 60.0 Å². The van der Waals surface area contributed by atoms with Crippen LogP contribution in [-0.2, 0) is 0 Å². The van der Waals surface area contributed by atoms with E-state index >= 15 is 0 Å². The average Bonchev–Trinajstić information content (AvgIpc) is 3.05. The van der Waals surface area contributed by atoms with Crippen LogP contribution < -0.4 is 5.56 Å². The van der Waals surface area contributed by atoms with E-state index in [1.54, 1.807) is 10.9 Å². The van der Waals surface area contributed by atoms with Crippen molar-refractivity contribution in [2.45, 2.75) is 26.3 Å². The SMILES string of the molecule is CC[C@@H](C)n1cnc2c(c1=O)c1nc3ccccc3nc1n2-c1cccc(Br)c1. The fraction of sp³-hybridized carbons (Fsp3) is 0.182. The van der Waals surface area contributed by atoms with E-state index in [0.717, 1.165) is 27.6 Å². The molecule has 1 atom stereocenters. The molecule has 3 heterocycles. The van der Waals surface area contributed by atoms with Crippen molar-refractivity contribution < 1.29 is 0 Å². The van der Waals surface area contributed by atoms with Crippen molar-refractivity contribution in [3.8, 4) is 5.69 Å².